The molecule has 0 bridgehead atoms. The molecular formula is C12H14ClN3O. The van der Waals surface area contributed by atoms with Crippen LogP contribution in [-0.4, -0.2) is 10.1 Å². The Labute approximate surface area is 105 Å². The number of aromatic nitrogens is 2. The van der Waals surface area contributed by atoms with Gasteiger partial charge in [-0.25, -0.2) is 0 Å². The molecule has 2 rings (SSSR count). The third-order valence-electron chi connectivity index (χ3n) is 2.53. The van der Waals surface area contributed by atoms with E-state index < -0.39 is 0 Å². The van der Waals surface area contributed by atoms with Gasteiger partial charge in [-0.05, 0) is 18.1 Å². The molecule has 0 unspecified atom stereocenters. The molecule has 0 aliphatic heterocycles. The molecule has 0 aliphatic rings. The van der Waals surface area contributed by atoms with Gasteiger partial charge in [0.25, 0.3) is 0 Å². The van der Waals surface area contributed by atoms with Gasteiger partial charge in [-0.2, -0.15) is 4.98 Å². The lowest BCUT2D eigenvalue weighted by Crippen LogP contribution is -2.16. The van der Waals surface area contributed by atoms with Crippen molar-refractivity contribution < 1.29 is 4.52 Å². The lowest BCUT2D eigenvalue weighted by molar-refractivity contribution is 0.325. The van der Waals surface area contributed by atoms with Crippen LogP contribution in [0.1, 0.15) is 25.8 Å². The maximum absolute atomic E-state index is 5.94. The zero-order valence-corrected chi connectivity index (χ0v) is 10.5. The summed E-state index contributed by atoms with van der Waals surface area (Å²) in [4.78, 5) is 4.28. The van der Waals surface area contributed by atoms with Crippen LogP contribution in [0.4, 0.5) is 0 Å². The fourth-order valence-corrected chi connectivity index (χ4v) is 1.59. The molecule has 0 spiro atoms. The van der Waals surface area contributed by atoms with E-state index in [2.05, 4.69) is 10.1 Å². The molecule has 17 heavy (non-hydrogen) atoms. The number of nitrogens with zero attached hydrogens (tertiary/aromatic N) is 2. The average molecular weight is 252 g/mol. The first-order valence-corrected chi connectivity index (χ1v) is 5.81. The highest BCUT2D eigenvalue weighted by atomic mass is 35.5. The second kappa shape index (κ2) is 4.85. The van der Waals surface area contributed by atoms with Gasteiger partial charge in [-0.3, -0.25) is 0 Å². The Balaban J connectivity index is 2.30. The van der Waals surface area contributed by atoms with Gasteiger partial charge in [0.1, 0.15) is 0 Å². The first-order valence-electron chi connectivity index (χ1n) is 5.43. The van der Waals surface area contributed by atoms with Gasteiger partial charge in [-0.15, -0.1) is 0 Å². The first-order chi connectivity index (χ1) is 8.08. The van der Waals surface area contributed by atoms with E-state index in [0.717, 1.165) is 5.56 Å². The molecule has 1 aromatic heterocycles. The van der Waals surface area contributed by atoms with Crippen LogP contribution in [0, 0.1) is 5.92 Å². The molecule has 1 aromatic carbocycles. The Morgan fingerprint density at radius 2 is 2.12 bits per heavy atom. The molecule has 0 saturated heterocycles. The minimum atomic E-state index is -0.240. The molecule has 0 fully saturated rings. The predicted octanol–water partition coefficient (Wildman–Crippen LogP) is 3.05. The standard InChI is InChI=1S/C12H14ClN3O/c1-7(2)10(14)12-15-11(16-17-12)8-4-3-5-9(13)6-8/h3-7,10H,14H2,1-2H3/t10-/m1/s1. The molecule has 0 amide bonds. The van der Waals surface area contributed by atoms with Crippen molar-refractivity contribution >= 4 is 11.6 Å². The Bertz CT molecular complexity index is 510. The van der Waals surface area contributed by atoms with Crippen LogP contribution in [0.25, 0.3) is 11.4 Å². The normalized spacial score (nSPS) is 13.0. The minimum absolute atomic E-state index is 0.240. The summed E-state index contributed by atoms with van der Waals surface area (Å²) in [5.41, 5.74) is 6.76. The van der Waals surface area contributed by atoms with Gasteiger partial charge in [0, 0.05) is 10.6 Å². The summed E-state index contributed by atoms with van der Waals surface area (Å²) < 4.78 is 5.15. The van der Waals surface area contributed by atoms with Crippen LogP contribution in [0.15, 0.2) is 28.8 Å². The van der Waals surface area contributed by atoms with Crippen LogP contribution in [0.2, 0.25) is 5.02 Å². The van der Waals surface area contributed by atoms with E-state index in [0.29, 0.717) is 16.7 Å². The third-order valence-corrected chi connectivity index (χ3v) is 2.76. The highest BCUT2D eigenvalue weighted by molar-refractivity contribution is 6.30. The quantitative estimate of drug-likeness (QED) is 0.911. The van der Waals surface area contributed by atoms with Crippen LogP contribution < -0.4 is 5.73 Å². The molecule has 1 atom stereocenters. The molecule has 5 heteroatoms. The van der Waals surface area contributed by atoms with Crippen molar-refractivity contribution in [3.63, 3.8) is 0 Å². The Morgan fingerprint density at radius 3 is 2.76 bits per heavy atom. The number of rotatable bonds is 3. The number of benzene rings is 1. The maximum atomic E-state index is 5.94. The SMILES string of the molecule is CC(C)[C@@H](N)c1nc(-c2cccc(Cl)c2)no1. The maximum Gasteiger partial charge on any atom is 0.244 e. The van der Waals surface area contributed by atoms with Crippen molar-refractivity contribution in [1.82, 2.24) is 10.1 Å². The molecule has 1 heterocycles. The predicted molar refractivity (Wildman–Crippen MR) is 66.5 cm³/mol. The van der Waals surface area contributed by atoms with E-state index in [1.807, 2.05) is 26.0 Å². The largest absolute Gasteiger partial charge is 0.337 e. The summed E-state index contributed by atoms with van der Waals surface area (Å²) in [6.45, 7) is 4.02. The monoisotopic (exact) mass is 251 g/mol. The highest BCUT2D eigenvalue weighted by Crippen LogP contribution is 2.23. The summed E-state index contributed by atoms with van der Waals surface area (Å²) >= 11 is 5.90. The zero-order chi connectivity index (χ0) is 12.4. The first kappa shape index (κ1) is 12.1. The van der Waals surface area contributed by atoms with Crippen molar-refractivity contribution in [2.24, 2.45) is 11.7 Å². The van der Waals surface area contributed by atoms with Crippen molar-refractivity contribution in [3.8, 4) is 11.4 Å². The average Bonchev–Trinajstić information content (AvgIpc) is 2.77. The summed E-state index contributed by atoms with van der Waals surface area (Å²) in [7, 11) is 0. The number of nitrogens with two attached hydrogens (primary N) is 1. The summed E-state index contributed by atoms with van der Waals surface area (Å²) in [6, 6.07) is 7.07. The molecule has 0 saturated carbocycles. The van der Waals surface area contributed by atoms with E-state index in [9.17, 15) is 0 Å². The van der Waals surface area contributed by atoms with E-state index in [4.69, 9.17) is 21.9 Å². The van der Waals surface area contributed by atoms with Gasteiger partial charge in [0.05, 0.1) is 6.04 Å². The van der Waals surface area contributed by atoms with Crippen molar-refractivity contribution in [2.75, 3.05) is 0 Å². The van der Waals surface area contributed by atoms with Gasteiger partial charge < -0.3 is 10.3 Å². The van der Waals surface area contributed by atoms with E-state index in [1.54, 1.807) is 12.1 Å². The molecule has 0 radical (unpaired) electrons. The van der Waals surface area contributed by atoms with Gasteiger partial charge in [-0.1, -0.05) is 42.7 Å². The molecule has 2 N–H and O–H groups in total. The number of hydrogen-bond donors (Lipinski definition) is 1. The fraction of sp³-hybridized carbons (Fsp3) is 0.333. The minimum Gasteiger partial charge on any atom is -0.337 e. The van der Waals surface area contributed by atoms with Crippen molar-refractivity contribution in [2.45, 2.75) is 19.9 Å². The van der Waals surface area contributed by atoms with Crippen molar-refractivity contribution in [3.05, 3.63) is 35.2 Å². The molecule has 90 valence electrons. The number of halogens is 1. The van der Waals surface area contributed by atoms with E-state index in [-0.39, 0.29) is 12.0 Å². The lowest BCUT2D eigenvalue weighted by atomic mass is 10.1. The molecule has 0 aliphatic carbocycles. The van der Waals surface area contributed by atoms with E-state index >= 15 is 0 Å². The van der Waals surface area contributed by atoms with Crippen molar-refractivity contribution in [1.29, 1.82) is 0 Å². The van der Waals surface area contributed by atoms with Gasteiger partial charge in [0.15, 0.2) is 0 Å². The summed E-state index contributed by atoms with van der Waals surface area (Å²) in [5.74, 6) is 1.22. The van der Waals surface area contributed by atoms with Crippen LogP contribution in [0.5, 0.6) is 0 Å². The van der Waals surface area contributed by atoms with Gasteiger partial charge in [0.2, 0.25) is 11.7 Å². The molecule has 4 nitrogen and oxygen atoms in total. The van der Waals surface area contributed by atoms with Crippen LogP contribution >= 0.6 is 11.6 Å². The zero-order valence-electron chi connectivity index (χ0n) is 9.72. The summed E-state index contributed by atoms with van der Waals surface area (Å²) in [5, 5.41) is 4.55. The summed E-state index contributed by atoms with van der Waals surface area (Å²) in [6.07, 6.45) is 0. The van der Waals surface area contributed by atoms with Crippen LogP contribution in [-0.2, 0) is 0 Å². The highest BCUT2D eigenvalue weighted by Gasteiger charge is 2.18. The van der Waals surface area contributed by atoms with Crippen LogP contribution in [0.3, 0.4) is 0 Å². The molecule has 2 aromatic rings. The molecular weight excluding hydrogens is 238 g/mol. The lowest BCUT2D eigenvalue weighted by Gasteiger charge is -2.09. The second-order valence-corrected chi connectivity index (χ2v) is 4.67. The Morgan fingerprint density at radius 1 is 1.35 bits per heavy atom. The topological polar surface area (TPSA) is 64.9 Å². The fourth-order valence-electron chi connectivity index (χ4n) is 1.40. The smallest absolute Gasteiger partial charge is 0.244 e. The third kappa shape index (κ3) is 2.65. The van der Waals surface area contributed by atoms with E-state index in [1.165, 1.54) is 0 Å². The van der Waals surface area contributed by atoms with Gasteiger partial charge >= 0.3 is 0 Å². The Hall–Kier alpha value is -1.39. The second-order valence-electron chi connectivity index (χ2n) is 4.24. The number of hydrogen-bond acceptors (Lipinski definition) is 4. The Kier molecular flexibility index (Phi) is 3.45.